The minimum absolute atomic E-state index is 0.762. The SMILES string of the molecule is N#CC(=O)c1c(F)c(F)c(F)c(F)c1F. The lowest BCUT2D eigenvalue weighted by molar-refractivity contribution is 0.104. The molecule has 0 aliphatic carbocycles. The molecule has 1 rings (SSSR count). The maximum Gasteiger partial charge on any atom is 0.268 e. The number of Topliss-reactive ketones (excluding diaryl/α,β-unsaturated/α-hetero) is 1. The van der Waals surface area contributed by atoms with Gasteiger partial charge in [0, 0.05) is 0 Å². The van der Waals surface area contributed by atoms with Crippen LogP contribution >= 0.6 is 0 Å². The lowest BCUT2D eigenvalue weighted by Crippen LogP contribution is -2.11. The van der Waals surface area contributed by atoms with Crippen molar-refractivity contribution < 1.29 is 26.7 Å². The first-order valence-corrected chi connectivity index (χ1v) is 3.37. The molecule has 1 aromatic carbocycles. The van der Waals surface area contributed by atoms with Crippen molar-refractivity contribution in [3.8, 4) is 6.07 Å². The Balaban J connectivity index is 3.69. The molecular formula is C8F5NO. The molecule has 1 aromatic rings. The largest absolute Gasteiger partial charge is 0.277 e. The smallest absolute Gasteiger partial charge is 0.268 e. The second-order valence-electron chi connectivity index (χ2n) is 2.39. The summed E-state index contributed by atoms with van der Waals surface area (Å²) in [6.07, 6.45) is 0. The zero-order valence-corrected chi connectivity index (χ0v) is 6.75. The number of nitrogens with zero attached hydrogens (tertiary/aromatic N) is 1. The van der Waals surface area contributed by atoms with Gasteiger partial charge in [0.25, 0.3) is 5.78 Å². The Bertz CT molecular complexity index is 462. The first-order chi connectivity index (χ1) is 6.91. The molecule has 7 heteroatoms. The number of hydrogen-bond donors (Lipinski definition) is 0. The van der Waals surface area contributed by atoms with Crippen molar-refractivity contribution in [1.29, 1.82) is 5.26 Å². The Morgan fingerprint density at radius 1 is 0.867 bits per heavy atom. The highest BCUT2D eigenvalue weighted by Gasteiger charge is 2.29. The fourth-order valence-corrected chi connectivity index (χ4v) is 0.860. The van der Waals surface area contributed by atoms with E-state index in [0.717, 1.165) is 6.07 Å². The summed E-state index contributed by atoms with van der Waals surface area (Å²) in [5, 5.41) is 8.02. The number of rotatable bonds is 1. The summed E-state index contributed by atoms with van der Waals surface area (Å²) in [5.41, 5.74) is -1.74. The van der Waals surface area contributed by atoms with Crippen LogP contribution in [0.25, 0.3) is 0 Å². The predicted molar refractivity (Wildman–Crippen MR) is 36.2 cm³/mol. The number of benzene rings is 1. The lowest BCUT2D eigenvalue weighted by atomic mass is 10.1. The normalized spacial score (nSPS) is 9.87. The summed E-state index contributed by atoms with van der Waals surface area (Å²) < 4.78 is 62.9. The van der Waals surface area contributed by atoms with Crippen LogP contribution in [0.4, 0.5) is 22.0 Å². The van der Waals surface area contributed by atoms with E-state index < -0.39 is 40.4 Å². The number of ketones is 1. The van der Waals surface area contributed by atoms with Crippen LogP contribution in [-0.4, -0.2) is 5.78 Å². The fourth-order valence-electron chi connectivity index (χ4n) is 0.860. The molecular weight excluding hydrogens is 221 g/mol. The van der Waals surface area contributed by atoms with Gasteiger partial charge >= 0.3 is 0 Å². The topological polar surface area (TPSA) is 40.9 Å². The van der Waals surface area contributed by atoms with Gasteiger partial charge in [-0.3, -0.25) is 4.79 Å². The summed E-state index contributed by atoms with van der Waals surface area (Å²) in [6.45, 7) is 0. The van der Waals surface area contributed by atoms with E-state index in [1.54, 1.807) is 0 Å². The van der Waals surface area contributed by atoms with Crippen LogP contribution in [0.3, 0.4) is 0 Å². The van der Waals surface area contributed by atoms with E-state index in [9.17, 15) is 26.7 Å². The second-order valence-corrected chi connectivity index (χ2v) is 2.39. The van der Waals surface area contributed by atoms with Crippen molar-refractivity contribution in [3.63, 3.8) is 0 Å². The highest BCUT2D eigenvalue weighted by Crippen LogP contribution is 2.22. The van der Waals surface area contributed by atoms with Crippen LogP contribution in [-0.2, 0) is 0 Å². The van der Waals surface area contributed by atoms with Crippen LogP contribution in [0, 0.1) is 40.4 Å². The summed E-state index contributed by atoms with van der Waals surface area (Å²) in [4.78, 5) is 10.6. The van der Waals surface area contributed by atoms with Gasteiger partial charge in [-0.25, -0.2) is 22.0 Å². The predicted octanol–water partition coefficient (Wildman–Crippen LogP) is 2.09. The molecule has 0 heterocycles. The molecule has 0 fully saturated rings. The molecule has 0 N–H and O–H groups in total. The van der Waals surface area contributed by atoms with Gasteiger partial charge in [-0.1, -0.05) is 0 Å². The maximum atomic E-state index is 12.7. The quantitative estimate of drug-likeness (QED) is 0.239. The third-order valence-corrected chi connectivity index (χ3v) is 1.54. The van der Waals surface area contributed by atoms with Gasteiger partial charge in [0.05, 0.1) is 0 Å². The lowest BCUT2D eigenvalue weighted by Gasteiger charge is -2.03. The zero-order chi connectivity index (χ0) is 11.7. The summed E-state index contributed by atoms with van der Waals surface area (Å²) in [7, 11) is 0. The Morgan fingerprint density at radius 3 is 1.53 bits per heavy atom. The van der Waals surface area contributed by atoms with Crippen LogP contribution in [0.15, 0.2) is 0 Å². The molecule has 0 saturated heterocycles. The van der Waals surface area contributed by atoms with Crippen LogP contribution < -0.4 is 0 Å². The second kappa shape index (κ2) is 3.65. The molecule has 0 aromatic heterocycles. The Morgan fingerprint density at radius 2 is 1.20 bits per heavy atom. The average molecular weight is 221 g/mol. The van der Waals surface area contributed by atoms with Crippen molar-refractivity contribution in [1.82, 2.24) is 0 Å². The molecule has 0 amide bonds. The van der Waals surface area contributed by atoms with E-state index in [1.807, 2.05) is 0 Å². The Kier molecular flexibility index (Phi) is 2.70. The van der Waals surface area contributed by atoms with E-state index in [1.165, 1.54) is 0 Å². The monoisotopic (exact) mass is 221 g/mol. The number of carbonyl (C=O) groups excluding carboxylic acids is 1. The standard InChI is InChI=1S/C8F5NO/c9-4-3(2(15)1-14)5(10)7(12)8(13)6(4)11. The van der Waals surface area contributed by atoms with Crippen LogP contribution in [0.2, 0.25) is 0 Å². The van der Waals surface area contributed by atoms with Gasteiger partial charge in [-0.05, 0) is 0 Å². The first-order valence-electron chi connectivity index (χ1n) is 3.37. The maximum absolute atomic E-state index is 12.7. The highest BCUT2D eigenvalue weighted by molar-refractivity contribution is 6.07. The molecule has 0 unspecified atom stereocenters. The summed E-state index contributed by atoms with van der Waals surface area (Å²) in [5.74, 6) is -13.3. The molecule has 15 heavy (non-hydrogen) atoms. The van der Waals surface area contributed by atoms with E-state index in [2.05, 4.69) is 0 Å². The van der Waals surface area contributed by atoms with E-state index in [-0.39, 0.29) is 0 Å². The number of hydrogen-bond acceptors (Lipinski definition) is 2. The van der Waals surface area contributed by atoms with Gasteiger partial charge in [-0.2, -0.15) is 5.26 Å². The number of halogens is 5. The zero-order valence-electron chi connectivity index (χ0n) is 6.75. The minimum Gasteiger partial charge on any atom is -0.277 e. The van der Waals surface area contributed by atoms with Crippen molar-refractivity contribution in [2.24, 2.45) is 0 Å². The number of nitriles is 1. The molecule has 0 bridgehead atoms. The highest BCUT2D eigenvalue weighted by atomic mass is 19.2. The Hall–Kier alpha value is -1.97. The van der Waals surface area contributed by atoms with Gasteiger partial charge < -0.3 is 0 Å². The molecule has 2 nitrogen and oxygen atoms in total. The molecule has 0 saturated carbocycles. The van der Waals surface area contributed by atoms with Gasteiger partial charge in [-0.15, -0.1) is 0 Å². The van der Waals surface area contributed by atoms with E-state index in [4.69, 9.17) is 5.26 Å². The van der Waals surface area contributed by atoms with Gasteiger partial charge in [0.2, 0.25) is 5.82 Å². The third kappa shape index (κ3) is 1.54. The number of carbonyl (C=O) groups is 1. The van der Waals surface area contributed by atoms with Crippen molar-refractivity contribution in [2.75, 3.05) is 0 Å². The minimum atomic E-state index is -2.38. The first kappa shape index (κ1) is 11.1. The van der Waals surface area contributed by atoms with Crippen molar-refractivity contribution in [3.05, 3.63) is 34.6 Å². The molecule has 0 aliphatic rings. The molecule has 0 radical (unpaired) electrons. The molecule has 0 spiro atoms. The van der Waals surface area contributed by atoms with Crippen LogP contribution in [0.1, 0.15) is 10.4 Å². The fraction of sp³-hybridized carbons (Fsp3) is 0. The Labute approximate surface area is 79.5 Å². The van der Waals surface area contributed by atoms with Gasteiger partial charge in [0.1, 0.15) is 11.6 Å². The molecule has 0 aliphatic heterocycles. The van der Waals surface area contributed by atoms with Crippen molar-refractivity contribution >= 4 is 5.78 Å². The van der Waals surface area contributed by atoms with Crippen LogP contribution in [0.5, 0.6) is 0 Å². The molecule has 78 valence electrons. The average Bonchev–Trinajstić information content (AvgIpc) is 2.23. The molecule has 0 atom stereocenters. The van der Waals surface area contributed by atoms with Crippen molar-refractivity contribution in [2.45, 2.75) is 0 Å². The van der Waals surface area contributed by atoms with Gasteiger partial charge in [0.15, 0.2) is 23.3 Å². The summed E-state index contributed by atoms with van der Waals surface area (Å²) >= 11 is 0. The van der Waals surface area contributed by atoms with E-state index in [0.29, 0.717) is 0 Å². The third-order valence-electron chi connectivity index (χ3n) is 1.54. The summed E-state index contributed by atoms with van der Waals surface area (Å²) in [6, 6.07) is 0.762. The van der Waals surface area contributed by atoms with E-state index >= 15 is 0 Å².